The van der Waals surface area contributed by atoms with Crippen molar-refractivity contribution in [3.63, 3.8) is 0 Å². The van der Waals surface area contributed by atoms with Crippen molar-refractivity contribution in [3.05, 3.63) is 67.8 Å². The summed E-state index contributed by atoms with van der Waals surface area (Å²) in [5.74, 6) is -1.00. The van der Waals surface area contributed by atoms with E-state index in [1.54, 1.807) is 18.2 Å². The topological polar surface area (TPSA) is 35.1 Å². The lowest BCUT2D eigenvalue weighted by Crippen LogP contribution is -2.14. The molecule has 0 bridgehead atoms. The predicted octanol–water partition coefficient (Wildman–Crippen LogP) is 4.20. The molecule has 0 fully saturated rings. The Kier molecular flexibility index (Phi) is 3.40. The lowest BCUT2D eigenvalue weighted by molar-refractivity contribution is 0.515. The zero-order valence-corrected chi connectivity index (χ0v) is 12.4. The van der Waals surface area contributed by atoms with Gasteiger partial charge in [0.1, 0.15) is 5.82 Å². The summed E-state index contributed by atoms with van der Waals surface area (Å²) in [6.07, 6.45) is 0. The molecule has 0 amide bonds. The highest BCUT2D eigenvalue weighted by molar-refractivity contribution is 9.10. The molecule has 0 aliphatic rings. The molecule has 0 aliphatic carbocycles. The van der Waals surface area contributed by atoms with Gasteiger partial charge in [0.2, 0.25) is 0 Å². The van der Waals surface area contributed by atoms with Crippen LogP contribution in [0.3, 0.4) is 0 Å². The maximum absolute atomic E-state index is 13.4. The highest BCUT2D eigenvalue weighted by Crippen LogP contribution is 2.23. The lowest BCUT2D eigenvalue weighted by atomic mass is 10.2. The molecule has 0 N–H and O–H groups in total. The van der Waals surface area contributed by atoms with Crippen molar-refractivity contribution < 1.29 is 8.81 Å². The summed E-state index contributed by atoms with van der Waals surface area (Å²) in [6, 6.07) is 9.91. The van der Waals surface area contributed by atoms with E-state index in [0.29, 0.717) is 17.1 Å². The highest BCUT2D eigenvalue weighted by Gasteiger charge is 2.13. The third-order valence-corrected chi connectivity index (χ3v) is 3.78. The van der Waals surface area contributed by atoms with Gasteiger partial charge in [-0.3, -0.25) is 4.57 Å². The number of hydrogen-bond donors (Lipinski definition) is 0. The van der Waals surface area contributed by atoms with Crippen LogP contribution in [0, 0.1) is 5.82 Å². The number of oxazole rings is 1. The van der Waals surface area contributed by atoms with Crippen LogP contribution in [0.1, 0.15) is 5.56 Å². The molecule has 3 aromatic rings. The summed E-state index contributed by atoms with van der Waals surface area (Å²) in [5.41, 5.74) is 1.61. The maximum atomic E-state index is 13.4. The van der Waals surface area contributed by atoms with Crippen molar-refractivity contribution in [2.24, 2.45) is 0 Å². The van der Waals surface area contributed by atoms with Crippen molar-refractivity contribution >= 4 is 38.6 Å². The van der Waals surface area contributed by atoms with E-state index < -0.39 is 11.6 Å². The van der Waals surface area contributed by atoms with Gasteiger partial charge in [-0.05, 0) is 39.7 Å². The zero-order chi connectivity index (χ0) is 14.3. The molecular formula is C14H8BrClFNO2. The Morgan fingerprint density at radius 2 is 2.10 bits per heavy atom. The Morgan fingerprint density at radius 3 is 2.85 bits per heavy atom. The first kappa shape index (κ1) is 13.4. The summed E-state index contributed by atoms with van der Waals surface area (Å²) >= 11 is 9.02. The molecule has 2 aromatic carbocycles. The fourth-order valence-electron chi connectivity index (χ4n) is 2.03. The van der Waals surface area contributed by atoms with Crippen LogP contribution in [0.25, 0.3) is 11.1 Å². The molecule has 6 heteroatoms. The molecule has 3 rings (SSSR count). The number of fused-ring (bicyclic) bond motifs is 1. The van der Waals surface area contributed by atoms with Crippen LogP contribution in [0.2, 0.25) is 5.02 Å². The quantitative estimate of drug-likeness (QED) is 0.690. The first-order chi connectivity index (χ1) is 9.54. The number of aromatic nitrogens is 1. The predicted molar refractivity (Wildman–Crippen MR) is 78.7 cm³/mol. The fourth-order valence-corrected chi connectivity index (χ4v) is 2.57. The smallest absolute Gasteiger partial charge is 0.408 e. The van der Waals surface area contributed by atoms with Crippen molar-refractivity contribution in [1.29, 1.82) is 0 Å². The van der Waals surface area contributed by atoms with E-state index in [2.05, 4.69) is 15.9 Å². The third kappa shape index (κ3) is 2.39. The summed E-state index contributed by atoms with van der Waals surface area (Å²) in [7, 11) is 0. The standard InChI is InChI=1S/C14H8BrClFNO2/c15-10-5-12-13(6-11(10)17)20-14(19)18(12)7-8-2-1-3-9(16)4-8/h1-6H,7H2. The zero-order valence-electron chi connectivity index (χ0n) is 10.1. The SMILES string of the molecule is O=c1oc2cc(F)c(Br)cc2n1Cc1cccc(Cl)c1. The Balaban J connectivity index is 2.14. The molecule has 0 unspecified atom stereocenters. The van der Waals surface area contributed by atoms with Gasteiger partial charge in [0.05, 0.1) is 16.5 Å². The van der Waals surface area contributed by atoms with Crippen molar-refractivity contribution in [3.8, 4) is 0 Å². The van der Waals surface area contributed by atoms with E-state index >= 15 is 0 Å². The molecule has 1 aromatic heterocycles. The second-order valence-corrected chi connectivity index (χ2v) is 5.61. The molecular weight excluding hydrogens is 349 g/mol. The van der Waals surface area contributed by atoms with Gasteiger partial charge in [0.15, 0.2) is 5.58 Å². The molecule has 0 aliphatic heterocycles. The molecule has 0 atom stereocenters. The van der Waals surface area contributed by atoms with Gasteiger partial charge in [0, 0.05) is 11.1 Å². The minimum atomic E-state index is -0.530. The summed E-state index contributed by atoms with van der Waals surface area (Å²) in [4.78, 5) is 11.9. The van der Waals surface area contributed by atoms with Crippen LogP contribution < -0.4 is 5.76 Å². The number of hydrogen-bond acceptors (Lipinski definition) is 2. The van der Waals surface area contributed by atoms with Crippen molar-refractivity contribution in [2.45, 2.75) is 6.54 Å². The number of nitrogens with zero attached hydrogens (tertiary/aromatic N) is 1. The summed E-state index contributed by atoms with van der Waals surface area (Å²) < 4.78 is 20.2. The van der Waals surface area contributed by atoms with E-state index in [0.717, 1.165) is 5.56 Å². The van der Waals surface area contributed by atoms with E-state index in [1.807, 2.05) is 6.07 Å². The molecule has 0 saturated carbocycles. The Labute approximate surface area is 126 Å². The normalized spacial score (nSPS) is 11.2. The van der Waals surface area contributed by atoms with Crippen LogP contribution in [0.15, 0.2) is 50.1 Å². The van der Waals surface area contributed by atoms with Gasteiger partial charge in [-0.1, -0.05) is 23.7 Å². The lowest BCUT2D eigenvalue weighted by Gasteiger charge is -2.03. The second-order valence-electron chi connectivity index (χ2n) is 4.32. The minimum Gasteiger partial charge on any atom is -0.408 e. The molecule has 0 spiro atoms. The first-order valence-corrected chi connectivity index (χ1v) is 6.94. The van der Waals surface area contributed by atoms with E-state index in [9.17, 15) is 9.18 Å². The summed E-state index contributed by atoms with van der Waals surface area (Å²) in [6.45, 7) is 0.310. The van der Waals surface area contributed by atoms with Gasteiger partial charge in [-0.25, -0.2) is 9.18 Å². The highest BCUT2D eigenvalue weighted by atomic mass is 79.9. The minimum absolute atomic E-state index is 0.220. The molecule has 1 heterocycles. The third-order valence-electron chi connectivity index (χ3n) is 2.94. The molecule has 0 saturated heterocycles. The van der Waals surface area contributed by atoms with E-state index in [-0.39, 0.29) is 10.1 Å². The van der Waals surface area contributed by atoms with Crippen LogP contribution in [0.4, 0.5) is 4.39 Å². The average Bonchev–Trinajstić information content (AvgIpc) is 2.67. The van der Waals surface area contributed by atoms with Gasteiger partial charge >= 0.3 is 5.76 Å². The molecule has 3 nitrogen and oxygen atoms in total. The Bertz CT molecular complexity index is 856. The largest absolute Gasteiger partial charge is 0.420 e. The van der Waals surface area contributed by atoms with E-state index in [4.69, 9.17) is 16.0 Å². The number of benzene rings is 2. The van der Waals surface area contributed by atoms with Gasteiger partial charge in [0.25, 0.3) is 0 Å². The van der Waals surface area contributed by atoms with Crippen molar-refractivity contribution in [2.75, 3.05) is 0 Å². The number of halogens is 3. The van der Waals surface area contributed by atoms with Gasteiger partial charge in [-0.2, -0.15) is 0 Å². The van der Waals surface area contributed by atoms with Crippen LogP contribution in [0.5, 0.6) is 0 Å². The molecule has 0 radical (unpaired) electrons. The van der Waals surface area contributed by atoms with Crippen LogP contribution in [-0.2, 0) is 6.54 Å². The monoisotopic (exact) mass is 355 g/mol. The van der Waals surface area contributed by atoms with Crippen LogP contribution >= 0.6 is 27.5 Å². The van der Waals surface area contributed by atoms with Crippen LogP contribution in [-0.4, -0.2) is 4.57 Å². The Hall–Kier alpha value is -1.59. The first-order valence-electron chi connectivity index (χ1n) is 5.77. The second kappa shape index (κ2) is 5.07. The fraction of sp³-hybridized carbons (Fsp3) is 0.0714. The van der Waals surface area contributed by atoms with E-state index in [1.165, 1.54) is 16.7 Å². The average molecular weight is 357 g/mol. The molecule has 102 valence electrons. The Morgan fingerprint density at radius 1 is 1.30 bits per heavy atom. The van der Waals surface area contributed by atoms with Crippen molar-refractivity contribution in [1.82, 2.24) is 4.57 Å². The van der Waals surface area contributed by atoms with Gasteiger partial charge < -0.3 is 4.42 Å². The maximum Gasteiger partial charge on any atom is 0.420 e. The summed E-state index contributed by atoms with van der Waals surface area (Å²) in [5, 5.41) is 0.593. The molecule has 20 heavy (non-hydrogen) atoms. The van der Waals surface area contributed by atoms with Gasteiger partial charge in [-0.15, -0.1) is 0 Å². The number of rotatable bonds is 2.